The molecule has 5 rings (SSSR count). The molecule has 3 aromatic carbocycles. The fourth-order valence-electron chi connectivity index (χ4n) is 5.87. The number of esters is 3. The molecule has 0 spiro atoms. The molecular formula is C37H38FN2O11PS3. The number of fused-ring (bicyclic) bond motifs is 1. The summed E-state index contributed by atoms with van der Waals surface area (Å²) in [6.07, 6.45) is 1.08. The zero-order chi connectivity index (χ0) is 39.7. The minimum Gasteiger partial charge on any atom is -0.461 e. The zero-order valence-corrected chi connectivity index (χ0v) is 33.3. The summed E-state index contributed by atoms with van der Waals surface area (Å²) in [5.41, 5.74) is 3.81. The van der Waals surface area contributed by atoms with Gasteiger partial charge in [0.1, 0.15) is 18.2 Å². The third-order valence-corrected chi connectivity index (χ3v) is 14.6. The van der Waals surface area contributed by atoms with Crippen molar-refractivity contribution in [3.8, 4) is 5.75 Å². The zero-order valence-electron chi connectivity index (χ0n) is 29.8. The average Bonchev–Trinajstić information content (AvgIpc) is 3.40. The van der Waals surface area contributed by atoms with Gasteiger partial charge in [-0.15, -0.1) is 22.4 Å². The van der Waals surface area contributed by atoms with Gasteiger partial charge in [0, 0.05) is 46.8 Å². The SMILES string of the molecule is CC1=C(CC(=O)OC(COC(=O)CCCO[N+](=O)[O-])C(=O)Oc2ccc(P(=S)(S)N3CCOCC3)cc2)c2cc(F)ccc2C1=Cc1ccc(S(C)=O)cc1. The predicted octanol–water partition coefficient (Wildman–Crippen LogP) is 5.53. The molecule has 3 atom stereocenters. The van der Waals surface area contributed by atoms with Crippen molar-refractivity contribution in [1.82, 2.24) is 4.67 Å². The molecule has 292 valence electrons. The topological polar surface area (TPSA) is 161 Å². The highest BCUT2D eigenvalue weighted by Crippen LogP contribution is 2.53. The van der Waals surface area contributed by atoms with E-state index in [-0.39, 0.29) is 31.6 Å². The van der Waals surface area contributed by atoms with Gasteiger partial charge in [-0.3, -0.25) is 18.5 Å². The van der Waals surface area contributed by atoms with Gasteiger partial charge in [0.25, 0.3) is 5.09 Å². The Balaban J connectivity index is 1.33. The fraction of sp³-hybridized carbons (Fsp3) is 0.324. The van der Waals surface area contributed by atoms with Crippen molar-refractivity contribution >= 4 is 80.7 Å². The molecular weight excluding hydrogens is 795 g/mol. The second-order valence-corrected chi connectivity index (χ2v) is 20.1. The molecule has 1 saturated heterocycles. The van der Waals surface area contributed by atoms with Crippen molar-refractivity contribution < 1.29 is 51.9 Å². The quantitative estimate of drug-likeness (QED) is 0.0366. The van der Waals surface area contributed by atoms with E-state index in [1.165, 1.54) is 24.3 Å². The Labute approximate surface area is 329 Å². The molecule has 1 fully saturated rings. The maximum absolute atomic E-state index is 14.6. The van der Waals surface area contributed by atoms with E-state index in [0.29, 0.717) is 53.5 Å². The van der Waals surface area contributed by atoms with Crippen LogP contribution >= 0.6 is 17.6 Å². The van der Waals surface area contributed by atoms with Gasteiger partial charge in [0.15, 0.2) is 0 Å². The van der Waals surface area contributed by atoms with Crippen molar-refractivity contribution in [3.05, 3.63) is 105 Å². The van der Waals surface area contributed by atoms with E-state index in [4.69, 9.17) is 43.0 Å². The third-order valence-electron chi connectivity index (χ3n) is 8.71. The van der Waals surface area contributed by atoms with Crippen LogP contribution in [0, 0.1) is 15.9 Å². The van der Waals surface area contributed by atoms with Gasteiger partial charge in [-0.1, -0.05) is 30.0 Å². The molecule has 3 aromatic rings. The summed E-state index contributed by atoms with van der Waals surface area (Å²) in [4.78, 5) is 54.7. The number of morpholine rings is 1. The van der Waals surface area contributed by atoms with Crippen LogP contribution in [0.4, 0.5) is 4.39 Å². The van der Waals surface area contributed by atoms with Crippen molar-refractivity contribution in [1.29, 1.82) is 0 Å². The Morgan fingerprint density at radius 2 is 1.76 bits per heavy atom. The maximum atomic E-state index is 14.6. The van der Waals surface area contributed by atoms with Crippen LogP contribution in [0.1, 0.15) is 42.9 Å². The molecule has 0 saturated carbocycles. The van der Waals surface area contributed by atoms with Crippen LogP contribution in [0.15, 0.2) is 77.2 Å². The minimum absolute atomic E-state index is 0.0365. The molecule has 0 amide bonds. The van der Waals surface area contributed by atoms with Crippen LogP contribution in [0.2, 0.25) is 0 Å². The van der Waals surface area contributed by atoms with Gasteiger partial charge in [-0.2, -0.15) is 0 Å². The second kappa shape index (κ2) is 19.1. The first-order valence-corrected chi connectivity index (χ1v) is 22.5. The predicted molar refractivity (Wildman–Crippen MR) is 211 cm³/mol. The number of allylic oxidation sites excluding steroid dienone is 2. The number of halogens is 1. The molecule has 0 aromatic heterocycles. The van der Waals surface area contributed by atoms with Crippen molar-refractivity contribution in [3.63, 3.8) is 0 Å². The number of hydrogen-bond donors (Lipinski definition) is 1. The lowest BCUT2D eigenvalue weighted by Crippen LogP contribution is -2.36. The first-order chi connectivity index (χ1) is 26.2. The van der Waals surface area contributed by atoms with Crippen molar-refractivity contribution in [2.45, 2.75) is 37.2 Å². The summed E-state index contributed by atoms with van der Waals surface area (Å²) in [5.74, 6) is -3.15. The molecule has 18 heteroatoms. The molecule has 1 aliphatic heterocycles. The average molecular weight is 833 g/mol. The van der Waals surface area contributed by atoms with Gasteiger partial charge < -0.3 is 23.8 Å². The number of hydrogen-bond acceptors (Lipinski definition) is 12. The Kier molecular flexibility index (Phi) is 14.5. The highest BCUT2D eigenvalue weighted by atomic mass is 32.9. The Hall–Kier alpha value is -4.25. The summed E-state index contributed by atoms with van der Waals surface area (Å²) in [6.45, 7) is 3.09. The first kappa shape index (κ1) is 41.9. The number of thiol groups is 1. The van der Waals surface area contributed by atoms with E-state index >= 15 is 0 Å². The molecule has 0 N–H and O–H groups in total. The van der Waals surface area contributed by atoms with Crippen LogP contribution in [-0.2, 0) is 56.0 Å². The lowest BCUT2D eigenvalue weighted by molar-refractivity contribution is -0.757. The maximum Gasteiger partial charge on any atom is 0.356 e. The lowest BCUT2D eigenvalue weighted by Gasteiger charge is -2.34. The second-order valence-electron chi connectivity index (χ2n) is 12.4. The number of benzene rings is 3. The summed E-state index contributed by atoms with van der Waals surface area (Å²) < 4.78 is 50.3. The molecule has 13 nitrogen and oxygen atoms in total. The van der Waals surface area contributed by atoms with Crippen molar-refractivity contribution in [2.24, 2.45) is 0 Å². The lowest BCUT2D eigenvalue weighted by atomic mass is 10.0. The Morgan fingerprint density at radius 3 is 2.42 bits per heavy atom. The van der Waals surface area contributed by atoms with Gasteiger partial charge in [0.05, 0.1) is 31.6 Å². The van der Waals surface area contributed by atoms with Crippen LogP contribution < -0.4 is 10.0 Å². The van der Waals surface area contributed by atoms with Crippen LogP contribution in [0.5, 0.6) is 5.75 Å². The molecule has 0 bridgehead atoms. The minimum atomic E-state index is -2.40. The van der Waals surface area contributed by atoms with Crippen molar-refractivity contribution in [2.75, 3.05) is 45.8 Å². The molecule has 1 aliphatic carbocycles. The number of carbonyl (C=O) groups is 3. The van der Waals surface area contributed by atoms with Crippen LogP contribution in [0.25, 0.3) is 17.2 Å². The number of nitrogens with zero attached hydrogens (tertiary/aromatic N) is 2. The van der Waals surface area contributed by atoms with E-state index in [1.54, 1.807) is 43.5 Å². The summed E-state index contributed by atoms with van der Waals surface area (Å²) in [6, 6.07) is 17.8. The van der Waals surface area contributed by atoms with Crippen LogP contribution in [-0.4, -0.2) is 83.8 Å². The molecule has 3 unspecified atom stereocenters. The van der Waals surface area contributed by atoms with E-state index in [0.717, 1.165) is 16.4 Å². The van der Waals surface area contributed by atoms with Gasteiger partial charge >= 0.3 is 17.9 Å². The highest BCUT2D eigenvalue weighted by molar-refractivity contribution is 8.65. The molecule has 55 heavy (non-hydrogen) atoms. The molecule has 1 heterocycles. The molecule has 0 radical (unpaired) electrons. The largest absolute Gasteiger partial charge is 0.461 e. The van der Waals surface area contributed by atoms with Gasteiger partial charge in [-0.05, 0) is 101 Å². The van der Waals surface area contributed by atoms with Gasteiger partial charge in [0.2, 0.25) is 6.10 Å². The smallest absolute Gasteiger partial charge is 0.356 e. The van der Waals surface area contributed by atoms with E-state index in [1.807, 2.05) is 18.2 Å². The normalized spacial score (nSPS) is 17.1. The van der Waals surface area contributed by atoms with Gasteiger partial charge in [-0.25, -0.2) is 9.18 Å². The molecule has 2 aliphatic rings. The van der Waals surface area contributed by atoms with E-state index in [9.17, 15) is 33.1 Å². The highest BCUT2D eigenvalue weighted by Gasteiger charge is 2.31. The van der Waals surface area contributed by atoms with E-state index < -0.39 is 57.7 Å². The summed E-state index contributed by atoms with van der Waals surface area (Å²) >= 11 is 10.7. The fourth-order valence-corrected chi connectivity index (χ4v) is 9.75. The summed E-state index contributed by atoms with van der Waals surface area (Å²) in [5, 5.41) is 7.79. The standard InChI is InChI=1S/C37H38FN2O11PS3/c1-24-31(20-25-5-12-29(13-6-25)55(2)46)30-14-7-26(38)21-33(30)32(24)22-36(42)51-34(23-48-35(41)4-3-17-49-40(44)45)37(43)50-27-8-10-28(11-9-27)52(53,54)39-15-18-47-19-16-39/h5-14,20-21,34H,3-4,15-19,22-23H2,1-2H3,(H,53,54). The third kappa shape index (κ3) is 11.2. The Bertz CT molecular complexity index is 2070. The number of ether oxygens (including phenoxy) is 4. The number of carbonyl (C=O) groups excluding carboxylic acids is 3. The monoisotopic (exact) mass is 832 g/mol. The Morgan fingerprint density at radius 1 is 1.07 bits per heavy atom. The van der Waals surface area contributed by atoms with Crippen LogP contribution in [0.3, 0.4) is 0 Å². The first-order valence-electron chi connectivity index (χ1n) is 17.0. The summed E-state index contributed by atoms with van der Waals surface area (Å²) in [7, 11) is -1.16. The number of rotatable bonds is 16. The van der Waals surface area contributed by atoms with E-state index in [2.05, 4.69) is 9.51 Å².